The Balaban J connectivity index is 2.18. The average molecular weight is 250 g/mol. The lowest BCUT2D eigenvalue weighted by molar-refractivity contribution is -0.124. The summed E-state index contributed by atoms with van der Waals surface area (Å²) >= 11 is 0. The van der Waals surface area contributed by atoms with Crippen molar-refractivity contribution in [2.45, 2.75) is 13.8 Å². The first-order chi connectivity index (χ1) is 8.63. The van der Waals surface area contributed by atoms with Gasteiger partial charge in [-0.05, 0) is 26.1 Å². The van der Waals surface area contributed by atoms with Crippen LogP contribution in [0.15, 0.2) is 24.3 Å². The summed E-state index contributed by atoms with van der Waals surface area (Å²) in [7, 11) is 1.84. The molecule has 4 nitrogen and oxygen atoms in total. The summed E-state index contributed by atoms with van der Waals surface area (Å²) in [6.07, 6.45) is 0. The molecular weight excluding hydrogens is 228 g/mol. The number of amides is 1. The van der Waals surface area contributed by atoms with Crippen molar-refractivity contribution >= 4 is 5.91 Å². The number of benzene rings is 1. The Kier molecular flexibility index (Phi) is 6.22. The third-order valence-corrected chi connectivity index (χ3v) is 2.65. The number of carbonyl (C=O) groups excluding carboxylic acids is 1. The van der Waals surface area contributed by atoms with Gasteiger partial charge in [0.15, 0.2) is 0 Å². The van der Waals surface area contributed by atoms with Crippen molar-refractivity contribution in [3.8, 4) is 5.75 Å². The molecule has 2 N–H and O–H groups in total. The van der Waals surface area contributed by atoms with E-state index in [9.17, 15) is 4.79 Å². The fraction of sp³-hybridized carbons (Fsp3) is 0.500. The van der Waals surface area contributed by atoms with Crippen molar-refractivity contribution in [2.75, 3.05) is 26.7 Å². The van der Waals surface area contributed by atoms with E-state index >= 15 is 0 Å². The van der Waals surface area contributed by atoms with E-state index in [0.717, 1.165) is 5.75 Å². The highest BCUT2D eigenvalue weighted by Crippen LogP contribution is 2.10. The first-order valence-electron chi connectivity index (χ1n) is 6.25. The lowest BCUT2D eigenvalue weighted by atomic mass is 10.1. The van der Waals surface area contributed by atoms with Crippen LogP contribution in [0.1, 0.15) is 12.5 Å². The topological polar surface area (TPSA) is 50.4 Å². The first kappa shape index (κ1) is 14.5. The quantitative estimate of drug-likeness (QED) is 0.718. The van der Waals surface area contributed by atoms with Gasteiger partial charge in [-0.2, -0.15) is 0 Å². The van der Waals surface area contributed by atoms with Gasteiger partial charge in [-0.3, -0.25) is 4.79 Å². The maximum absolute atomic E-state index is 11.6. The van der Waals surface area contributed by atoms with Crippen molar-refractivity contribution in [1.29, 1.82) is 0 Å². The predicted octanol–water partition coefficient (Wildman–Crippen LogP) is 1.35. The second kappa shape index (κ2) is 7.71. The van der Waals surface area contributed by atoms with Crippen molar-refractivity contribution in [3.63, 3.8) is 0 Å². The molecule has 0 radical (unpaired) electrons. The zero-order chi connectivity index (χ0) is 13.4. The lowest BCUT2D eigenvalue weighted by Crippen LogP contribution is -2.36. The molecule has 0 spiro atoms. The Morgan fingerprint density at radius 3 is 2.61 bits per heavy atom. The van der Waals surface area contributed by atoms with Crippen molar-refractivity contribution in [2.24, 2.45) is 5.92 Å². The van der Waals surface area contributed by atoms with Crippen LogP contribution in [0.25, 0.3) is 0 Å². The van der Waals surface area contributed by atoms with Crippen molar-refractivity contribution < 1.29 is 9.53 Å². The van der Waals surface area contributed by atoms with E-state index in [1.54, 1.807) is 0 Å². The summed E-state index contributed by atoms with van der Waals surface area (Å²) < 4.78 is 5.52. The van der Waals surface area contributed by atoms with Crippen molar-refractivity contribution in [3.05, 3.63) is 29.8 Å². The number of carbonyl (C=O) groups is 1. The van der Waals surface area contributed by atoms with Crippen LogP contribution >= 0.6 is 0 Å². The molecule has 0 aromatic heterocycles. The van der Waals surface area contributed by atoms with E-state index in [0.29, 0.717) is 19.7 Å². The fourth-order valence-corrected chi connectivity index (χ4v) is 1.55. The standard InChI is InChI=1S/C14H22N2O2/c1-11-4-6-13(7-5-11)18-9-8-16-14(17)12(2)10-15-3/h4-7,12,15H,8-10H2,1-3H3,(H,16,17). The van der Waals surface area contributed by atoms with Crippen molar-refractivity contribution in [1.82, 2.24) is 10.6 Å². The molecule has 1 atom stereocenters. The van der Waals surface area contributed by atoms with Crippen LogP contribution in [0.3, 0.4) is 0 Å². The van der Waals surface area contributed by atoms with Gasteiger partial charge in [-0.25, -0.2) is 0 Å². The highest BCUT2D eigenvalue weighted by Gasteiger charge is 2.10. The zero-order valence-corrected chi connectivity index (χ0v) is 11.3. The molecular formula is C14H22N2O2. The van der Waals surface area contributed by atoms with E-state index in [1.807, 2.05) is 45.2 Å². The first-order valence-corrected chi connectivity index (χ1v) is 6.25. The molecule has 0 bridgehead atoms. The third kappa shape index (κ3) is 5.19. The average Bonchev–Trinajstić information content (AvgIpc) is 2.36. The highest BCUT2D eigenvalue weighted by molar-refractivity contribution is 5.78. The van der Waals surface area contributed by atoms with E-state index < -0.39 is 0 Å². The molecule has 1 aromatic carbocycles. The van der Waals surface area contributed by atoms with E-state index in [2.05, 4.69) is 10.6 Å². The molecule has 0 saturated heterocycles. The number of ether oxygens (including phenoxy) is 1. The molecule has 0 aliphatic rings. The number of aryl methyl sites for hydroxylation is 1. The molecule has 1 unspecified atom stereocenters. The van der Waals surface area contributed by atoms with Crippen LogP contribution in [0, 0.1) is 12.8 Å². The zero-order valence-electron chi connectivity index (χ0n) is 11.3. The summed E-state index contributed by atoms with van der Waals surface area (Å²) in [5.41, 5.74) is 1.21. The molecule has 18 heavy (non-hydrogen) atoms. The minimum absolute atomic E-state index is 0.0191. The molecule has 1 rings (SSSR count). The van der Waals surface area contributed by atoms with Gasteiger partial charge in [0, 0.05) is 12.5 Å². The SMILES string of the molecule is CNCC(C)C(=O)NCCOc1ccc(C)cc1. The summed E-state index contributed by atoms with van der Waals surface area (Å²) in [5, 5.41) is 5.82. The fourth-order valence-electron chi connectivity index (χ4n) is 1.55. The van der Waals surface area contributed by atoms with Crippen LogP contribution in [0.2, 0.25) is 0 Å². The molecule has 0 fully saturated rings. The van der Waals surface area contributed by atoms with Gasteiger partial charge in [-0.15, -0.1) is 0 Å². The normalized spacial score (nSPS) is 11.9. The third-order valence-electron chi connectivity index (χ3n) is 2.65. The summed E-state index contributed by atoms with van der Waals surface area (Å²) in [6, 6.07) is 7.87. The molecule has 0 aliphatic carbocycles. The van der Waals surface area contributed by atoms with Gasteiger partial charge >= 0.3 is 0 Å². The van der Waals surface area contributed by atoms with Crippen LogP contribution in [0.4, 0.5) is 0 Å². The Hall–Kier alpha value is -1.55. The number of hydrogen-bond acceptors (Lipinski definition) is 3. The highest BCUT2D eigenvalue weighted by atomic mass is 16.5. The maximum Gasteiger partial charge on any atom is 0.224 e. The van der Waals surface area contributed by atoms with Gasteiger partial charge < -0.3 is 15.4 Å². The second-order valence-electron chi connectivity index (χ2n) is 4.41. The smallest absolute Gasteiger partial charge is 0.224 e. The van der Waals surface area contributed by atoms with Crippen LogP contribution in [-0.4, -0.2) is 32.7 Å². The minimum atomic E-state index is -0.0191. The summed E-state index contributed by atoms with van der Waals surface area (Å²) in [5.74, 6) is 0.865. The molecule has 0 aliphatic heterocycles. The summed E-state index contributed by atoms with van der Waals surface area (Å²) in [4.78, 5) is 11.6. The maximum atomic E-state index is 11.6. The molecule has 1 amide bonds. The number of rotatable bonds is 7. The number of nitrogens with one attached hydrogen (secondary N) is 2. The largest absolute Gasteiger partial charge is 0.492 e. The Morgan fingerprint density at radius 1 is 1.33 bits per heavy atom. The van der Waals surface area contributed by atoms with E-state index in [4.69, 9.17) is 4.74 Å². The van der Waals surface area contributed by atoms with Gasteiger partial charge in [0.25, 0.3) is 0 Å². The Morgan fingerprint density at radius 2 is 2.00 bits per heavy atom. The monoisotopic (exact) mass is 250 g/mol. The second-order valence-corrected chi connectivity index (χ2v) is 4.41. The lowest BCUT2D eigenvalue weighted by Gasteiger charge is -2.12. The van der Waals surface area contributed by atoms with Gasteiger partial charge in [0.05, 0.1) is 6.54 Å². The van der Waals surface area contributed by atoms with Gasteiger partial charge in [-0.1, -0.05) is 24.6 Å². The molecule has 100 valence electrons. The molecule has 4 heteroatoms. The minimum Gasteiger partial charge on any atom is -0.492 e. The van der Waals surface area contributed by atoms with Gasteiger partial charge in [0.2, 0.25) is 5.91 Å². The summed E-state index contributed by atoms with van der Waals surface area (Å²) in [6.45, 7) is 5.63. The molecule has 1 aromatic rings. The van der Waals surface area contributed by atoms with Crippen LogP contribution < -0.4 is 15.4 Å². The molecule has 0 saturated carbocycles. The predicted molar refractivity (Wildman–Crippen MR) is 72.8 cm³/mol. The van der Waals surface area contributed by atoms with Crippen LogP contribution in [0.5, 0.6) is 5.75 Å². The molecule has 0 heterocycles. The van der Waals surface area contributed by atoms with Gasteiger partial charge in [0.1, 0.15) is 12.4 Å². The van der Waals surface area contributed by atoms with E-state index in [-0.39, 0.29) is 11.8 Å². The number of hydrogen-bond donors (Lipinski definition) is 2. The van der Waals surface area contributed by atoms with E-state index in [1.165, 1.54) is 5.56 Å². The Labute approximate surface area is 109 Å². The Bertz CT molecular complexity index is 363. The van der Waals surface area contributed by atoms with Crippen LogP contribution in [-0.2, 0) is 4.79 Å².